The molecule has 0 heterocycles. The van der Waals surface area contributed by atoms with Crippen LogP contribution >= 0.6 is 0 Å². The van der Waals surface area contributed by atoms with E-state index in [0.29, 0.717) is 0 Å². The van der Waals surface area contributed by atoms with E-state index in [1.807, 2.05) is 0 Å². The Morgan fingerprint density at radius 2 is 1.69 bits per heavy atom. The highest BCUT2D eigenvalue weighted by atomic mass is 14.9. The van der Waals surface area contributed by atoms with Gasteiger partial charge in [0.15, 0.2) is 0 Å². The van der Waals surface area contributed by atoms with Gasteiger partial charge in [-0.15, -0.1) is 0 Å². The predicted molar refractivity (Wildman–Crippen MR) is 68.4 cm³/mol. The lowest BCUT2D eigenvalue weighted by atomic mass is 9.84. The van der Waals surface area contributed by atoms with Crippen LogP contribution in [-0.4, -0.2) is 12.6 Å². The molecule has 1 N–H and O–H groups in total. The Morgan fingerprint density at radius 3 is 2.19 bits per heavy atom. The molecule has 0 bridgehead atoms. The van der Waals surface area contributed by atoms with Crippen LogP contribution in [0.2, 0.25) is 0 Å². The van der Waals surface area contributed by atoms with E-state index in [1.54, 1.807) is 0 Å². The second-order valence-electron chi connectivity index (χ2n) is 6.64. The monoisotopic (exact) mass is 221 g/mol. The SMILES string of the molecule is CCC1CCC(NCC2(C3CC3)CC2)CC1. The zero-order valence-electron chi connectivity index (χ0n) is 10.8. The van der Waals surface area contributed by atoms with E-state index in [4.69, 9.17) is 0 Å². The lowest BCUT2D eigenvalue weighted by molar-refractivity contribution is 0.266. The number of hydrogen-bond donors (Lipinski definition) is 1. The van der Waals surface area contributed by atoms with E-state index >= 15 is 0 Å². The summed E-state index contributed by atoms with van der Waals surface area (Å²) in [6.07, 6.45) is 13.4. The molecule has 0 aromatic rings. The van der Waals surface area contributed by atoms with Crippen LogP contribution in [-0.2, 0) is 0 Å². The molecule has 0 aromatic carbocycles. The average Bonchev–Trinajstić information content (AvgIpc) is 3.17. The van der Waals surface area contributed by atoms with E-state index in [9.17, 15) is 0 Å². The van der Waals surface area contributed by atoms with Crippen molar-refractivity contribution in [1.29, 1.82) is 0 Å². The van der Waals surface area contributed by atoms with Gasteiger partial charge in [0.1, 0.15) is 0 Å². The van der Waals surface area contributed by atoms with Gasteiger partial charge in [-0.3, -0.25) is 0 Å². The summed E-state index contributed by atoms with van der Waals surface area (Å²) in [7, 11) is 0. The number of rotatable bonds is 5. The van der Waals surface area contributed by atoms with Crippen molar-refractivity contribution in [2.45, 2.75) is 70.8 Å². The van der Waals surface area contributed by atoms with Crippen LogP contribution in [0.1, 0.15) is 64.7 Å². The molecule has 3 aliphatic rings. The molecule has 3 aliphatic carbocycles. The lowest BCUT2D eigenvalue weighted by Gasteiger charge is -2.30. The summed E-state index contributed by atoms with van der Waals surface area (Å²) < 4.78 is 0. The van der Waals surface area contributed by atoms with Crippen LogP contribution < -0.4 is 5.32 Å². The Hall–Kier alpha value is -0.0400. The van der Waals surface area contributed by atoms with Gasteiger partial charge in [-0.25, -0.2) is 0 Å². The van der Waals surface area contributed by atoms with Crippen LogP contribution in [0.5, 0.6) is 0 Å². The van der Waals surface area contributed by atoms with E-state index < -0.39 is 0 Å². The van der Waals surface area contributed by atoms with Crippen LogP contribution in [0.15, 0.2) is 0 Å². The first-order valence-corrected chi connectivity index (χ1v) is 7.56. The molecule has 1 nitrogen and oxygen atoms in total. The highest BCUT2D eigenvalue weighted by molar-refractivity contribution is 5.05. The summed E-state index contributed by atoms with van der Waals surface area (Å²) in [4.78, 5) is 0. The fraction of sp³-hybridized carbons (Fsp3) is 1.00. The summed E-state index contributed by atoms with van der Waals surface area (Å²) in [5.41, 5.74) is 0.793. The van der Waals surface area contributed by atoms with Crippen molar-refractivity contribution in [1.82, 2.24) is 5.32 Å². The molecule has 16 heavy (non-hydrogen) atoms. The van der Waals surface area contributed by atoms with Gasteiger partial charge < -0.3 is 5.32 Å². The summed E-state index contributed by atoms with van der Waals surface area (Å²) in [6, 6.07) is 0.860. The maximum atomic E-state index is 3.89. The van der Waals surface area contributed by atoms with Crippen molar-refractivity contribution in [2.24, 2.45) is 17.3 Å². The van der Waals surface area contributed by atoms with Gasteiger partial charge in [0.2, 0.25) is 0 Å². The van der Waals surface area contributed by atoms with Crippen molar-refractivity contribution in [3.8, 4) is 0 Å². The third-order valence-corrected chi connectivity index (χ3v) is 5.50. The Labute approximate surface area is 100 Å². The first-order chi connectivity index (χ1) is 7.82. The van der Waals surface area contributed by atoms with Gasteiger partial charge in [-0.05, 0) is 68.6 Å². The summed E-state index contributed by atoms with van der Waals surface area (Å²) in [6.45, 7) is 3.70. The molecule has 3 fully saturated rings. The second-order valence-corrected chi connectivity index (χ2v) is 6.64. The first-order valence-electron chi connectivity index (χ1n) is 7.56. The van der Waals surface area contributed by atoms with Crippen LogP contribution in [0, 0.1) is 17.3 Å². The minimum absolute atomic E-state index is 0.793. The van der Waals surface area contributed by atoms with Gasteiger partial charge in [-0.2, -0.15) is 0 Å². The lowest BCUT2D eigenvalue weighted by Crippen LogP contribution is -2.37. The molecular weight excluding hydrogens is 194 g/mol. The fourth-order valence-electron chi connectivity index (χ4n) is 3.71. The van der Waals surface area contributed by atoms with Crippen molar-refractivity contribution in [2.75, 3.05) is 6.54 Å². The minimum atomic E-state index is 0.793. The largest absolute Gasteiger partial charge is 0.313 e. The topological polar surface area (TPSA) is 12.0 Å². The first kappa shape index (κ1) is 11.1. The zero-order valence-corrected chi connectivity index (χ0v) is 10.8. The van der Waals surface area contributed by atoms with Crippen molar-refractivity contribution in [3.05, 3.63) is 0 Å². The summed E-state index contributed by atoms with van der Waals surface area (Å²) in [5.74, 6) is 2.16. The molecule has 0 radical (unpaired) electrons. The minimum Gasteiger partial charge on any atom is -0.313 e. The molecular formula is C15H27N. The van der Waals surface area contributed by atoms with Crippen LogP contribution in [0.3, 0.4) is 0 Å². The molecule has 0 aromatic heterocycles. The Kier molecular flexibility index (Phi) is 2.99. The maximum absolute atomic E-state index is 3.89. The zero-order chi connectivity index (χ0) is 11.0. The van der Waals surface area contributed by atoms with Crippen molar-refractivity contribution < 1.29 is 0 Å². The molecule has 3 rings (SSSR count). The fourth-order valence-corrected chi connectivity index (χ4v) is 3.71. The van der Waals surface area contributed by atoms with Crippen molar-refractivity contribution >= 4 is 0 Å². The quantitative estimate of drug-likeness (QED) is 0.746. The summed E-state index contributed by atoms with van der Waals surface area (Å²) in [5, 5.41) is 3.89. The Morgan fingerprint density at radius 1 is 1.00 bits per heavy atom. The van der Waals surface area contributed by atoms with Crippen molar-refractivity contribution in [3.63, 3.8) is 0 Å². The molecule has 0 spiro atoms. The number of hydrogen-bond acceptors (Lipinski definition) is 1. The maximum Gasteiger partial charge on any atom is 0.00675 e. The average molecular weight is 221 g/mol. The van der Waals surface area contributed by atoms with Gasteiger partial charge >= 0.3 is 0 Å². The predicted octanol–water partition coefficient (Wildman–Crippen LogP) is 3.74. The Bertz CT molecular complexity index is 232. The van der Waals surface area contributed by atoms with E-state index in [2.05, 4.69) is 12.2 Å². The van der Waals surface area contributed by atoms with Crippen LogP contribution in [0.4, 0.5) is 0 Å². The molecule has 92 valence electrons. The van der Waals surface area contributed by atoms with E-state index in [0.717, 1.165) is 23.3 Å². The summed E-state index contributed by atoms with van der Waals surface area (Å²) >= 11 is 0. The molecule has 0 amide bonds. The highest BCUT2D eigenvalue weighted by Gasteiger charge is 2.53. The van der Waals surface area contributed by atoms with Gasteiger partial charge in [0, 0.05) is 12.6 Å². The third kappa shape index (κ3) is 2.30. The van der Waals surface area contributed by atoms with Gasteiger partial charge in [-0.1, -0.05) is 13.3 Å². The van der Waals surface area contributed by atoms with E-state index in [-0.39, 0.29) is 0 Å². The van der Waals surface area contributed by atoms with E-state index in [1.165, 1.54) is 64.3 Å². The molecule has 1 heteroatoms. The van der Waals surface area contributed by atoms with Gasteiger partial charge in [0.25, 0.3) is 0 Å². The Balaban J connectivity index is 1.39. The molecule has 0 aliphatic heterocycles. The second kappa shape index (κ2) is 4.33. The normalized spacial score (nSPS) is 37.3. The smallest absolute Gasteiger partial charge is 0.00675 e. The molecule has 0 atom stereocenters. The molecule has 0 unspecified atom stereocenters. The third-order valence-electron chi connectivity index (χ3n) is 5.50. The highest BCUT2D eigenvalue weighted by Crippen LogP contribution is 2.60. The standard InChI is InChI=1S/C15H27N/c1-2-12-3-7-14(8-4-12)16-11-15(9-10-15)13-5-6-13/h12-14,16H,2-11H2,1H3. The molecule has 0 saturated heterocycles. The number of nitrogens with one attached hydrogen (secondary N) is 1. The van der Waals surface area contributed by atoms with Gasteiger partial charge in [0.05, 0.1) is 0 Å². The van der Waals surface area contributed by atoms with Crippen LogP contribution in [0.25, 0.3) is 0 Å². The molecule has 3 saturated carbocycles.